The molecule has 5 heteroatoms. The van der Waals surface area contributed by atoms with Crippen molar-refractivity contribution in [3.05, 3.63) is 23.0 Å². The first-order chi connectivity index (χ1) is 7.61. The quantitative estimate of drug-likeness (QED) is 0.888. The van der Waals surface area contributed by atoms with E-state index in [0.717, 1.165) is 28.4 Å². The zero-order valence-electron chi connectivity index (χ0n) is 9.77. The molecular formula is C11H16N4S. The van der Waals surface area contributed by atoms with Crippen LogP contribution < -0.4 is 5.73 Å². The van der Waals surface area contributed by atoms with Gasteiger partial charge in [0.05, 0.1) is 17.0 Å². The van der Waals surface area contributed by atoms with Gasteiger partial charge >= 0.3 is 0 Å². The molecule has 0 saturated carbocycles. The molecule has 4 nitrogen and oxygen atoms in total. The highest BCUT2D eigenvalue weighted by Crippen LogP contribution is 2.28. The number of hydrogen-bond donors (Lipinski definition) is 1. The first-order valence-electron chi connectivity index (χ1n) is 5.35. The van der Waals surface area contributed by atoms with Crippen LogP contribution in [0.25, 0.3) is 10.6 Å². The van der Waals surface area contributed by atoms with Gasteiger partial charge in [0, 0.05) is 24.7 Å². The number of nitrogens with two attached hydrogens (primary N) is 1. The Hall–Kier alpha value is -1.20. The Labute approximate surface area is 99.1 Å². The van der Waals surface area contributed by atoms with E-state index in [2.05, 4.69) is 17.0 Å². The lowest BCUT2D eigenvalue weighted by molar-refractivity contribution is 0.746. The molecule has 86 valence electrons. The highest BCUT2D eigenvalue weighted by molar-refractivity contribution is 7.13. The van der Waals surface area contributed by atoms with E-state index in [9.17, 15) is 0 Å². The highest BCUT2D eigenvalue weighted by atomic mass is 32.1. The molecule has 0 aliphatic rings. The summed E-state index contributed by atoms with van der Waals surface area (Å²) in [7, 11) is 1.93. The van der Waals surface area contributed by atoms with E-state index in [4.69, 9.17) is 5.73 Å². The second-order valence-corrected chi connectivity index (χ2v) is 4.74. The largest absolute Gasteiger partial charge is 0.323 e. The van der Waals surface area contributed by atoms with Crippen LogP contribution in [0.4, 0.5) is 0 Å². The summed E-state index contributed by atoms with van der Waals surface area (Å²) in [4.78, 5) is 4.54. The molecule has 2 N–H and O–H groups in total. The Morgan fingerprint density at radius 1 is 1.56 bits per heavy atom. The Bertz CT molecular complexity index is 484. The van der Waals surface area contributed by atoms with Crippen LogP contribution in [-0.4, -0.2) is 14.8 Å². The minimum Gasteiger partial charge on any atom is -0.323 e. The molecule has 2 rings (SSSR count). The summed E-state index contributed by atoms with van der Waals surface area (Å²) in [5.41, 5.74) is 8.97. The number of aromatic nitrogens is 3. The van der Waals surface area contributed by atoms with Crippen molar-refractivity contribution in [1.29, 1.82) is 0 Å². The van der Waals surface area contributed by atoms with Crippen LogP contribution >= 0.6 is 11.3 Å². The van der Waals surface area contributed by atoms with Gasteiger partial charge in [0.1, 0.15) is 5.01 Å². The smallest absolute Gasteiger partial charge is 0.127 e. The van der Waals surface area contributed by atoms with Crippen LogP contribution in [0.5, 0.6) is 0 Å². The van der Waals surface area contributed by atoms with Gasteiger partial charge in [0.25, 0.3) is 0 Å². The molecule has 2 heterocycles. The predicted octanol–water partition coefficient (Wildman–Crippen LogP) is 2.13. The maximum atomic E-state index is 5.80. The predicted molar refractivity (Wildman–Crippen MR) is 66.3 cm³/mol. The van der Waals surface area contributed by atoms with Gasteiger partial charge in [0.2, 0.25) is 0 Å². The molecule has 0 bridgehead atoms. The lowest BCUT2D eigenvalue weighted by atomic mass is 10.2. The fourth-order valence-corrected chi connectivity index (χ4v) is 2.55. The molecule has 0 aromatic carbocycles. The molecule has 0 radical (unpaired) electrons. The van der Waals surface area contributed by atoms with Gasteiger partial charge in [-0.2, -0.15) is 5.10 Å². The van der Waals surface area contributed by atoms with Crippen molar-refractivity contribution in [2.45, 2.75) is 26.3 Å². The molecule has 2 aromatic heterocycles. The third-order valence-corrected chi connectivity index (χ3v) is 3.35. The van der Waals surface area contributed by atoms with E-state index < -0.39 is 0 Å². The van der Waals surface area contributed by atoms with Crippen molar-refractivity contribution in [3.63, 3.8) is 0 Å². The zero-order chi connectivity index (χ0) is 11.7. The van der Waals surface area contributed by atoms with Crippen molar-refractivity contribution >= 4 is 11.3 Å². The fraction of sp³-hybridized carbons (Fsp3) is 0.455. The standard InChI is InChI=1S/C11H16N4S/c1-4-9-8(5-15(3)14-9)11-13-10(6-16-11)7(2)12/h5-7H,4,12H2,1-3H3. The average molecular weight is 236 g/mol. The third-order valence-electron chi connectivity index (χ3n) is 2.46. The fourth-order valence-electron chi connectivity index (χ4n) is 1.59. The van der Waals surface area contributed by atoms with Gasteiger partial charge < -0.3 is 5.73 Å². The van der Waals surface area contributed by atoms with Gasteiger partial charge in [-0.05, 0) is 13.3 Å². The molecule has 0 aliphatic carbocycles. The Kier molecular flexibility index (Phi) is 3.07. The lowest BCUT2D eigenvalue weighted by Crippen LogP contribution is -2.04. The molecule has 1 unspecified atom stereocenters. The Morgan fingerprint density at radius 3 is 2.88 bits per heavy atom. The van der Waals surface area contributed by atoms with Crippen LogP contribution in [0.15, 0.2) is 11.6 Å². The molecule has 0 amide bonds. The highest BCUT2D eigenvalue weighted by Gasteiger charge is 2.13. The minimum absolute atomic E-state index is 0.00764. The SMILES string of the molecule is CCc1nn(C)cc1-c1nc(C(C)N)cs1. The zero-order valence-corrected chi connectivity index (χ0v) is 10.6. The monoisotopic (exact) mass is 236 g/mol. The van der Waals surface area contributed by atoms with Crippen LogP contribution in [-0.2, 0) is 13.5 Å². The first kappa shape index (κ1) is 11.3. The molecule has 0 fully saturated rings. The summed E-state index contributed by atoms with van der Waals surface area (Å²) in [6.45, 7) is 4.05. The van der Waals surface area contributed by atoms with Crippen molar-refractivity contribution in [2.75, 3.05) is 0 Å². The maximum absolute atomic E-state index is 5.80. The van der Waals surface area contributed by atoms with Crippen LogP contribution in [0.3, 0.4) is 0 Å². The summed E-state index contributed by atoms with van der Waals surface area (Å²) < 4.78 is 1.83. The second-order valence-electron chi connectivity index (χ2n) is 3.88. The normalized spacial score (nSPS) is 13.0. The van der Waals surface area contributed by atoms with Crippen molar-refractivity contribution in [2.24, 2.45) is 12.8 Å². The van der Waals surface area contributed by atoms with Crippen molar-refractivity contribution in [1.82, 2.24) is 14.8 Å². The molecule has 0 aliphatic heterocycles. The maximum Gasteiger partial charge on any atom is 0.127 e. The number of nitrogens with zero attached hydrogens (tertiary/aromatic N) is 3. The topological polar surface area (TPSA) is 56.7 Å². The third kappa shape index (κ3) is 2.01. The first-order valence-corrected chi connectivity index (χ1v) is 6.23. The Morgan fingerprint density at radius 2 is 2.31 bits per heavy atom. The summed E-state index contributed by atoms with van der Waals surface area (Å²) in [5, 5.41) is 7.44. The van der Waals surface area contributed by atoms with E-state index in [1.54, 1.807) is 11.3 Å². The van der Waals surface area contributed by atoms with Gasteiger partial charge in [-0.25, -0.2) is 4.98 Å². The van der Waals surface area contributed by atoms with E-state index in [1.807, 2.05) is 30.2 Å². The lowest BCUT2D eigenvalue weighted by Gasteiger charge is -1.98. The van der Waals surface area contributed by atoms with Crippen LogP contribution in [0, 0.1) is 0 Å². The average Bonchev–Trinajstić information content (AvgIpc) is 2.82. The molecule has 0 spiro atoms. The molecule has 1 atom stereocenters. The molecule has 16 heavy (non-hydrogen) atoms. The van der Waals surface area contributed by atoms with E-state index in [1.165, 1.54) is 0 Å². The van der Waals surface area contributed by atoms with Gasteiger partial charge in [-0.3, -0.25) is 4.68 Å². The summed E-state index contributed by atoms with van der Waals surface area (Å²) in [6.07, 6.45) is 2.94. The van der Waals surface area contributed by atoms with Gasteiger partial charge in [-0.15, -0.1) is 11.3 Å². The molecule has 2 aromatic rings. The van der Waals surface area contributed by atoms with Crippen molar-refractivity contribution < 1.29 is 0 Å². The molecule has 0 saturated heterocycles. The van der Waals surface area contributed by atoms with Crippen LogP contribution in [0.1, 0.15) is 31.3 Å². The number of rotatable bonds is 3. The van der Waals surface area contributed by atoms with Gasteiger partial charge in [-0.1, -0.05) is 6.92 Å². The summed E-state index contributed by atoms with van der Waals surface area (Å²) >= 11 is 1.63. The number of thiazole rings is 1. The number of hydrogen-bond acceptors (Lipinski definition) is 4. The Balaban J connectivity index is 2.41. The summed E-state index contributed by atoms with van der Waals surface area (Å²) in [6, 6.07) is -0.00764. The number of aryl methyl sites for hydroxylation is 2. The van der Waals surface area contributed by atoms with Gasteiger partial charge in [0.15, 0.2) is 0 Å². The van der Waals surface area contributed by atoms with E-state index in [-0.39, 0.29) is 6.04 Å². The second kappa shape index (κ2) is 4.35. The van der Waals surface area contributed by atoms with E-state index >= 15 is 0 Å². The van der Waals surface area contributed by atoms with E-state index in [0.29, 0.717) is 0 Å². The summed E-state index contributed by atoms with van der Waals surface area (Å²) in [5.74, 6) is 0. The van der Waals surface area contributed by atoms with Crippen LogP contribution in [0.2, 0.25) is 0 Å². The molecular weight excluding hydrogens is 220 g/mol. The van der Waals surface area contributed by atoms with Crippen molar-refractivity contribution in [3.8, 4) is 10.6 Å². The minimum atomic E-state index is -0.00764.